The summed E-state index contributed by atoms with van der Waals surface area (Å²) in [6.45, 7) is 1.40. The van der Waals surface area contributed by atoms with E-state index in [0.717, 1.165) is 0 Å². The van der Waals surface area contributed by atoms with Crippen molar-refractivity contribution in [3.05, 3.63) is 59.7 Å². The highest BCUT2D eigenvalue weighted by atomic mass is 19.1. The zero-order valence-electron chi connectivity index (χ0n) is 10.8. The number of rotatable bonds is 4. The van der Waals surface area contributed by atoms with Gasteiger partial charge in [-0.3, -0.25) is 4.79 Å². The molecule has 0 aliphatic heterocycles. The van der Waals surface area contributed by atoms with Crippen molar-refractivity contribution in [2.75, 3.05) is 11.9 Å². The summed E-state index contributed by atoms with van der Waals surface area (Å²) in [6, 6.07) is 9.75. The third-order valence-corrected chi connectivity index (χ3v) is 2.64. The summed E-state index contributed by atoms with van der Waals surface area (Å²) >= 11 is 0. The fourth-order valence-corrected chi connectivity index (χ4v) is 1.55. The highest BCUT2D eigenvalue weighted by Crippen LogP contribution is 2.14. The number of amides is 1. The van der Waals surface area contributed by atoms with Gasteiger partial charge in [-0.1, -0.05) is 6.07 Å². The molecule has 104 valence electrons. The number of carbonyl (C=O) groups is 1. The SMILES string of the molecule is Cc1ccc(NC(=O)COc2ccc(F)cc2)cc1F. The Morgan fingerprint density at radius 3 is 2.50 bits per heavy atom. The smallest absolute Gasteiger partial charge is 0.262 e. The third kappa shape index (κ3) is 3.78. The molecule has 0 aliphatic rings. The number of hydrogen-bond donors (Lipinski definition) is 1. The predicted molar refractivity (Wildman–Crippen MR) is 71.7 cm³/mol. The van der Waals surface area contributed by atoms with Crippen molar-refractivity contribution in [3.8, 4) is 5.75 Å². The average molecular weight is 277 g/mol. The third-order valence-electron chi connectivity index (χ3n) is 2.64. The molecule has 0 atom stereocenters. The molecule has 1 N–H and O–H groups in total. The number of nitrogens with one attached hydrogen (secondary N) is 1. The maximum absolute atomic E-state index is 13.3. The molecule has 0 radical (unpaired) electrons. The molecule has 0 unspecified atom stereocenters. The van der Waals surface area contributed by atoms with Gasteiger partial charge in [0, 0.05) is 5.69 Å². The summed E-state index contributed by atoms with van der Waals surface area (Å²) in [5, 5.41) is 2.51. The van der Waals surface area contributed by atoms with Crippen LogP contribution in [0.1, 0.15) is 5.56 Å². The Balaban J connectivity index is 1.89. The number of aryl methyl sites for hydroxylation is 1. The lowest BCUT2D eigenvalue weighted by Gasteiger charge is -2.08. The second-order valence-electron chi connectivity index (χ2n) is 4.25. The fraction of sp³-hybridized carbons (Fsp3) is 0.133. The molecule has 2 aromatic carbocycles. The van der Waals surface area contributed by atoms with Gasteiger partial charge in [0.2, 0.25) is 0 Å². The maximum Gasteiger partial charge on any atom is 0.262 e. The van der Waals surface area contributed by atoms with Crippen LogP contribution >= 0.6 is 0 Å². The van der Waals surface area contributed by atoms with Crippen molar-refractivity contribution in [1.82, 2.24) is 0 Å². The largest absolute Gasteiger partial charge is 0.484 e. The molecule has 0 bridgehead atoms. The predicted octanol–water partition coefficient (Wildman–Crippen LogP) is 3.29. The molecule has 0 heterocycles. The van der Waals surface area contributed by atoms with E-state index >= 15 is 0 Å². The molecule has 3 nitrogen and oxygen atoms in total. The van der Waals surface area contributed by atoms with Crippen molar-refractivity contribution in [2.24, 2.45) is 0 Å². The van der Waals surface area contributed by atoms with Gasteiger partial charge in [0.1, 0.15) is 17.4 Å². The minimum Gasteiger partial charge on any atom is -0.484 e. The van der Waals surface area contributed by atoms with Crippen LogP contribution in [-0.4, -0.2) is 12.5 Å². The first-order valence-electron chi connectivity index (χ1n) is 5.99. The minimum absolute atomic E-state index is 0.235. The zero-order chi connectivity index (χ0) is 14.5. The van der Waals surface area contributed by atoms with Crippen LogP contribution in [-0.2, 0) is 4.79 Å². The van der Waals surface area contributed by atoms with Crippen molar-refractivity contribution in [3.63, 3.8) is 0 Å². The molecule has 0 fully saturated rings. The molecular formula is C15H13F2NO2. The Kier molecular flexibility index (Phi) is 4.30. The van der Waals surface area contributed by atoms with Crippen LogP contribution < -0.4 is 10.1 Å². The molecule has 0 saturated carbocycles. The van der Waals surface area contributed by atoms with E-state index in [1.807, 2.05) is 0 Å². The number of carbonyl (C=O) groups excluding carboxylic acids is 1. The number of halogens is 2. The maximum atomic E-state index is 13.3. The Morgan fingerprint density at radius 1 is 1.15 bits per heavy atom. The lowest BCUT2D eigenvalue weighted by molar-refractivity contribution is -0.118. The van der Waals surface area contributed by atoms with Crippen molar-refractivity contribution in [2.45, 2.75) is 6.92 Å². The van der Waals surface area contributed by atoms with Gasteiger partial charge in [-0.2, -0.15) is 0 Å². The molecule has 0 aliphatic carbocycles. The molecule has 0 spiro atoms. The summed E-state index contributed by atoms with van der Waals surface area (Å²) in [5.74, 6) is -0.798. The Hall–Kier alpha value is -2.43. The lowest BCUT2D eigenvalue weighted by atomic mass is 10.2. The van der Waals surface area contributed by atoms with Gasteiger partial charge < -0.3 is 10.1 Å². The van der Waals surface area contributed by atoms with Crippen LogP contribution in [0.5, 0.6) is 5.75 Å². The summed E-state index contributed by atoms with van der Waals surface area (Å²) in [6.07, 6.45) is 0. The topological polar surface area (TPSA) is 38.3 Å². The minimum atomic E-state index is -0.419. The highest BCUT2D eigenvalue weighted by Gasteiger charge is 2.05. The van der Waals surface area contributed by atoms with Crippen molar-refractivity contribution < 1.29 is 18.3 Å². The van der Waals surface area contributed by atoms with Gasteiger partial charge in [0.25, 0.3) is 5.91 Å². The summed E-state index contributed by atoms with van der Waals surface area (Å²) in [5.41, 5.74) is 0.867. The van der Waals surface area contributed by atoms with E-state index in [0.29, 0.717) is 17.0 Å². The monoisotopic (exact) mass is 277 g/mol. The summed E-state index contributed by atoms with van der Waals surface area (Å²) in [4.78, 5) is 11.6. The van der Waals surface area contributed by atoms with Crippen LogP contribution in [0.3, 0.4) is 0 Å². The number of ether oxygens (including phenoxy) is 1. The van der Waals surface area contributed by atoms with Gasteiger partial charge in [-0.05, 0) is 48.9 Å². The van der Waals surface area contributed by atoms with Crippen LogP contribution in [0.25, 0.3) is 0 Å². The Bertz CT molecular complexity index is 612. The van der Waals surface area contributed by atoms with Crippen LogP contribution in [0.15, 0.2) is 42.5 Å². The van der Waals surface area contributed by atoms with Crippen LogP contribution in [0.4, 0.5) is 14.5 Å². The van der Waals surface area contributed by atoms with Crippen LogP contribution in [0, 0.1) is 18.6 Å². The van der Waals surface area contributed by atoms with E-state index in [9.17, 15) is 13.6 Å². The van der Waals surface area contributed by atoms with E-state index in [4.69, 9.17) is 4.74 Å². The first kappa shape index (κ1) is 14.0. The standard InChI is InChI=1S/C15H13F2NO2/c1-10-2-5-12(8-14(10)17)18-15(19)9-20-13-6-3-11(16)4-7-13/h2-8H,9H2,1H3,(H,18,19). The lowest BCUT2D eigenvalue weighted by Crippen LogP contribution is -2.20. The van der Waals surface area contributed by atoms with E-state index in [1.54, 1.807) is 19.1 Å². The fourth-order valence-electron chi connectivity index (χ4n) is 1.55. The Labute approximate surface area is 115 Å². The number of benzene rings is 2. The van der Waals surface area contributed by atoms with Crippen LogP contribution in [0.2, 0.25) is 0 Å². The highest BCUT2D eigenvalue weighted by molar-refractivity contribution is 5.91. The van der Waals surface area contributed by atoms with E-state index < -0.39 is 5.91 Å². The van der Waals surface area contributed by atoms with Gasteiger partial charge in [-0.15, -0.1) is 0 Å². The van der Waals surface area contributed by atoms with Gasteiger partial charge in [0.15, 0.2) is 6.61 Å². The molecule has 20 heavy (non-hydrogen) atoms. The second kappa shape index (κ2) is 6.14. The average Bonchev–Trinajstić information content (AvgIpc) is 2.42. The first-order valence-corrected chi connectivity index (χ1v) is 5.99. The zero-order valence-corrected chi connectivity index (χ0v) is 10.8. The molecule has 2 rings (SSSR count). The summed E-state index contributed by atoms with van der Waals surface area (Å²) in [7, 11) is 0. The Morgan fingerprint density at radius 2 is 1.85 bits per heavy atom. The van der Waals surface area contributed by atoms with Crippen molar-refractivity contribution >= 4 is 11.6 Å². The van der Waals surface area contributed by atoms with E-state index in [1.165, 1.54) is 30.3 Å². The van der Waals surface area contributed by atoms with Gasteiger partial charge in [-0.25, -0.2) is 8.78 Å². The quantitative estimate of drug-likeness (QED) is 0.931. The summed E-state index contributed by atoms with van der Waals surface area (Å²) < 4.78 is 31.1. The van der Waals surface area contributed by atoms with Crippen molar-refractivity contribution in [1.29, 1.82) is 0 Å². The molecule has 0 saturated heterocycles. The van der Waals surface area contributed by atoms with Gasteiger partial charge >= 0.3 is 0 Å². The second-order valence-corrected chi connectivity index (χ2v) is 4.25. The van der Waals surface area contributed by atoms with E-state index in [2.05, 4.69) is 5.32 Å². The molecular weight excluding hydrogens is 264 g/mol. The molecule has 1 amide bonds. The molecule has 2 aromatic rings. The number of hydrogen-bond acceptors (Lipinski definition) is 2. The normalized spacial score (nSPS) is 10.2. The van der Waals surface area contributed by atoms with Gasteiger partial charge in [0.05, 0.1) is 0 Å². The molecule has 0 aromatic heterocycles. The number of anilines is 1. The first-order chi connectivity index (χ1) is 9.54. The van der Waals surface area contributed by atoms with E-state index in [-0.39, 0.29) is 18.2 Å². The molecule has 5 heteroatoms.